The van der Waals surface area contributed by atoms with Gasteiger partial charge in [-0.15, -0.1) is 0 Å². The minimum absolute atomic E-state index is 0.557. The molecule has 146 valence electrons. The van der Waals surface area contributed by atoms with Crippen LogP contribution in [-0.2, 0) is 0 Å². The number of nitrogens with zero attached hydrogens (tertiary/aromatic N) is 3. The van der Waals surface area contributed by atoms with Crippen molar-refractivity contribution in [3.05, 3.63) is 54.1 Å². The first-order valence-electron chi connectivity index (χ1n) is 10.1. The summed E-state index contributed by atoms with van der Waals surface area (Å²) in [4.78, 5) is 5.04. The average Bonchev–Trinajstić information content (AvgIpc) is 3.15. The van der Waals surface area contributed by atoms with Crippen molar-refractivity contribution in [2.45, 2.75) is 19.4 Å². The van der Waals surface area contributed by atoms with E-state index in [-0.39, 0.29) is 0 Å². The maximum absolute atomic E-state index is 8.98. The molecule has 28 heavy (non-hydrogen) atoms. The van der Waals surface area contributed by atoms with Gasteiger partial charge in [0.25, 0.3) is 0 Å². The second-order valence-corrected chi connectivity index (χ2v) is 7.57. The van der Waals surface area contributed by atoms with Crippen LogP contribution in [0.15, 0.2) is 48.5 Å². The van der Waals surface area contributed by atoms with Gasteiger partial charge in [0.2, 0.25) is 0 Å². The predicted octanol–water partition coefficient (Wildman–Crippen LogP) is 3.55. The third kappa shape index (κ3) is 4.23. The second-order valence-electron chi connectivity index (χ2n) is 7.57. The van der Waals surface area contributed by atoms with E-state index in [1.165, 1.54) is 5.69 Å². The molecular formula is C23H27N3O2. The van der Waals surface area contributed by atoms with Gasteiger partial charge in [-0.3, -0.25) is 4.90 Å². The van der Waals surface area contributed by atoms with E-state index in [0.717, 1.165) is 50.7 Å². The molecular weight excluding hydrogens is 350 g/mol. The van der Waals surface area contributed by atoms with Crippen molar-refractivity contribution in [2.75, 3.05) is 44.3 Å². The molecule has 2 aromatic rings. The molecule has 2 aliphatic rings. The first-order valence-corrected chi connectivity index (χ1v) is 10.1. The largest absolute Gasteiger partial charge is 0.494 e. The lowest BCUT2D eigenvalue weighted by Crippen LogP contribution is -2.50. The number of rotatable bonds is 6. The summed E-state index contributed by atoms with van der Waals surface area (Å²) in [6.45, 7) is 7.67. The normalized spacial score (nSPS) is 21.8. The van der Waals surface area contributed by atoms with Gasteiger partial charge in [-0.1, -0.05) is 6.07 Å². The molecule has 0 amide bonds. The molecule has 0 bridgehead atoms. The smallest absolute Gasteiger partial charge is 0.122 e. The Kier molecular flexibility index (Phi) is 5.68. The number of hydrogen-bond donors (Lipinski definition) is 0. The molecule has 2 aliphatic heterocycles. The third-order valence-corrected chi connectivity index (χ3v) is 5.67. The number of fused-ring (bicyclic) bond motifs is 1. The van der Waals surface area contributed by atoms with Gasteiger partial charge in [0, 0.05) is 49.9 Å². The van der Waals surface area contributed by atoms with E-state index in [4.69, 9.17) is 14.7 Å². The number of benzene rings is 2. The SMILES string of the molecule is CCOc1cccc(OCC2CC3CN(c4ccc(C#N)cc4)CCN3C2)c1. The van der Waals surface area contributed by atoms with Crippen molar-refractivity contribution in [1.82, 2.24) is 4.90 Å². The first-order chi connectivity index (χ1) is 13.7. The summed E-state index contributed by atoms with van der Waals surface area (Å²) >= 11 is 0. The van der Waals surface area contributed by atoms with E-state index in [1.54, 1.807) is 0 Å². The van der Waals surface area contributed by atoms with E-state index >= 15 is 0 Å². The Balaban J connectivity index is 1.31. The molecule has 0 aromatic heterocycles. The minimum atomic E-state index is 0.557. The number of hydrogen-bond acceptors (Lipinski definition) is 5. The predicted molar refractivity (Wildman–Crippen MR) is 110 cm³/mol. The Morgan fingerprint density at radius 3 is 2.57 bits per heavy atom. The van der Waals surface area contributed by atoms with Gasteiger partial charge in [-0.2, -0.15) is 5.26 Å². The summed E-state index contributed by atoms with van der Waals surface area (Å²) in [7, 11) is 0. The van der Waals surface area contributed by atoms with Crippen molar-refractivity contribution in [1.29, 1.82) is 5.26 Å². The van der Waals surface area contributed by atoms with Gasteiger partial charge < -0.3 is 14.4 Å². The summed E-state index contributed by atoms with van der Waals surface area (Å²) in [5.74, 6) is 2.30. The number of anilines is 1. The van der Waals surface area contributed by atoms with Crippen LogP contribution in [0.3, 0.4) is 0 Å². The molecule has 0 radical (unpaired) electrons. The van der Waals surface area contributed by atoms with Gasteiger partial charge in [0.05, 0.1) is 24.8 Å². The number of piperazine rings is 1. The molecule has 5 nitrogen and oxygen atoms in total. The van der Waals surface area contributed by atoms with Crippen LogP contribution in [0, 0.1) is 17.2 Å². The van der Waals surface area contributed by atoms with Crippen LogP contribution in [0.25, 0.3) is 0 Å². The zero-order chi connectivity index (χ0) is 19.3. The highest BCUT2D eigenvalue weighted by Crippen LogP contribution is 2.30. The van der Waals surface area contributed by atoms with Crippen LogP contribution < -0.4 is 14.4 Å². The summed E-state index contributed by atoms with van der Waals surface area (Å²) in [6, 6.07) is 18.6. The zero-order valence-electron chi connectivity index (χ0n) is 16.4. The summed E-state index contributed by atoms with van der Waals surface area (Å²) in [6.07, 6.45) is 1.16. The van der Waals surface area contributed by atoms with E-state index in [9.17, 15) is 0 Å². The lowest BCUT2D eigenvalue weighted by Gasteiger charge is -2.38. The van der Waals surface area contributed by atoms with Gasteiger partial charge in [0.15, 0.2) is 0 Å². The summed E-state index contributed by atoms with van der Waals surface area (Å²) < 4.78 is 11.6. The lowest BCUT2D eigenvalue weighted by molar-refractivity contribution is 0.217. The van der Waals surface area contributed by atoms with Crippen LogP contribution >= 0.6 is 0 Å². The van der Waals surface area contributed by atoms with Gasteiger partial charge in [0.1, 0.15) is 11.5 Å². The monoisotopic (exact) mass is 377 g/mol. The fourth-order valence-electron chi connectivity index (χ4n) is 4.28. The maximum Gasteiger partial charge on any atom is 0.122 e. The van der Waals surface area contributed by atoms with Gasteiger partial charge in [-0.25, -0.2) is 0 Å². The van der Waals surface area contributed by atoms with E-state index in [0.29, 0.717) is 24.1 Å². The molecule has 4 rings (SSSR count). The molecule has 0 N–H and O–H groups in total. The fourth-order valence-corrected chi connectivity index (χ4v) is 4.28. The minimum Gasteiger partial charge on any atom is -0.494 e. The Labute approximate surface area is 167 Å². The second kappa shape index (κ2) is 8.53. The van der Waals surface area contributed by atoms with Crippen molar-refractivity contribution < 1.29 is 9.47 Å². The van der Waals surface area contributed by atoms with E-state index in [1.807, 2.05) is 43.3 Å². The summed E-state index contributed by atoms with van der Waals surface area (Å²) in [5.41, 5.74) is 1.93. The first kappa shape index (κ1) is 18.6. The quantitative estimate of drug-likeness (QED) is 0.771. The van der Waals surface area contributed by atoms with E-state index in [2.05, 4.69) is 28.0 Å². The van der Waals surface area contributed by atoms with Crippen molar-refractivity contribution in [3.63, 3.8) is 0 Å². The summed E-state index contributed by atoms with van der Waals surface area (Å²) in [5, 5.41) is 8.98. The maximum atomic E-state index is 8.98. The Morgan fingerprint density at radius 2 is 1.82 bits per heavy atom. The van der Waals surface area contributed by atoms with Crippen LogP contribution in [0.5, 0.6) is 11.5 Å². The molecule has 2 saturated heterocycles. The topological polar surface area (TPSA) is 48.7 Å². The van der Waals surface area contributed by atoms with Crippen LogP contribution in [0.2, 0.25) is 0 Å². The third-order valence-electron chi connectivity index (χ3n) is 5.67. The van der Waals surface area contributed by atoms with Gasteiger partial charge in [-0.05, 0) is 49.7 Å². The van der Waals surface area contributed by atoms with Crippen LogP contribution in [-0.4, -0.2) is 50.3 Å². The molecule has 0 spiro atoms. The highest BCUT2D eigenvalue weighted by atomic mass is 16.5. The molecule has 2 fully saturated rings. The lowest BCUT2D eigenvalue weighted by atomic mass is 10.1. The Bertz CT molecular complexity index is 830. The van der Waals surface area contributed by atoms with Crippen molar-refractivity contribution >= 4 is 5.69 Å². The Morgan fingerprint density at radius 1 is 1.04 bits per heavy atom. The fraction of sp³-hybridized carbons (Fsp3) is 0.435. The zero-order valence-corrected chi connectivity index (χ0v) is 16.4. The number of nitriles is 1. The molecule has 0 saturated carbocycles. The highest BCUT2D eigenvalue weighted by molar-refractivity contribution is 5.50. The van der Waals surface area contributed by atoms with E-state index < -0.39 is 0 Å². The number of ether oxygens (including phenoxy) is 2. The van der Waals surface area contributed by atoms with Crippen LogP contribution in [0.1, 0.15) is 18.9 Å². The molecule has 5 heteroatoms. The highest BCUT2D eigenvalue weighted by Gasteiger charge is 2.36. The molecule has 2 unspecified atom stereocenters. The average molecular weight is 377 g/mol. The molecule has 2 heterocycles. The molecule has 2 aromatic carbocycles. The molecule has 2 atom stereocenters. The Hall–Kier alpha value is -2.71. The van der Waals surface area contributed by atoms with Crippen LogP contribution in [0.4, 0.5) is 5.69 Å². The standard InChI is InChI=1S/C23H27N3O2/c1-2-27-22-4-3-5-23(13-22)28-17-19-12-21-16-26(11-10-25(21)15-19)20-8-6-18(14-24)7-9-20/h3-9,13,19,21H,2,10-12,15-17H2,1H3. The van der Waals surface area contributed by atoms with Gasteiger partial charge >= 0.3 is 0 Å². The van der Waals surface area contributed by atoms with Crippen molar-refractivity contribution in [2.24, 2.45) is 5.92 Å². The van der Waals surface area contributed by atoms with Crippen molar-refractivity contribution in [3.8, 4) is 17.6 Å². The molecule has 0 aliphatic carbocycles.